The Morgan fingerprint density at radius 3 is 1.96 bits per heavy atom. The maximum absolute atomic E-state index is 11.3. The van der Waals surface area contributed by atoms with E-state index in [1.165, 1.54) is 32.9 Å². The number of aliphatic hydroxyl groups excluding tert-OH is 1. The highest BCUT2D eigenvalue weighted by atomic mass is 32.2. The molecule has 0 spiro atoms. The van der Waals surface area contributed by atoms with Gasteiger partial charge in [-0.2, -0.15) is 4.57 Å². The molecule has 0 amide bonds. The largest absolute Gasteiger partial charge is 0.744 e. The van der Waals surface area contributed by atoms with Crippen LogP contribution in [0.2, 0.25) is 0 Å². The number of carbonyl (C=O) groups is 2. The molecule has 0 unspecified atom stereocenters. The first kappa shape index (κ1) is 22.4. The molecule has 0 saturated heterocycles. The van der Waals surface area contributed by atoms with E-state index in [4.69, 9.17) is 10.2 Å². The lowest BCUT2D eigenvalue weighted by molar-refractivity contribution is -0.701. The van der Waals surface area contributed by atoms with Crippen molar-refractivity contribution in [3.8, 4) is 5.75 Å². The van der Waals surface area contributed by atoms with Crippen LogP contribution in [-0.2, 0) is 16.7 Å². The van der Waals surface area contributed by atoms with Gasteiger partial charge in [-0.1, -0.05) is 6.07 Å². The number of carbonyl (C=O) groups excluding carboxylic acids is 2. The SMILES string of the molecule is CC(=O)c1cccc(C(C)=O)[n+]1CCO.Cc1ccc(O)cc1S(=O)(=O)[O-]. The van der Waals surface area contributed by atoms with Crippen LogP contribution in [-0.4, -0.2) is 41.4 Å². The van der Waals surface area contributed by atoms with Gasteiger partial charge in [0.15, 0.2) is 6.54 Å². The van der Waals surface area contributed by atoms with Gasteiger partial charge in [0.1, 0.15) is 22.5 Å². The number of Topliss-reactive ketones (excluding diaryl/α,β-unsaturated/α-hetero) is 2. The van der Waals surface area contributed by atoms with E-state index >= 15 is 0 Å². The molecule has 0 fully saturated rings. The Hall–Kier alpha value is -2.62. The Balaban J connectivity index is 0.000000277. The third-order valence-corrected chi connectivity index (χ3v) is 4.55. The maximum Gasteiger partial charge on any atom is 0.248 e. The molecular formula is C18H21NO7S. The summed E-state index contributed by atoms with van der Waals surface area (Å²) in [6, 6.07) is 8.60. The van der Waals surface area contributed by atoms with Crippen LogP contribution < -0.4 is 4.57 Å². The predicted molar refractivity (Wildman–Crippen MR) is 94.5 cm³/mol. The van der Waals surface area contributed by atoms with Crippen molar-refractivity contribution in [1.29, 1.82) is 0 Å². The summed E-state index contributed by atoms with van der Waals surface area (Å²) in [6.07, 6.45) is 0. The van der Waals surface area contributed by atoms with Crippen molar-refractivity contribution in [2.45, 2.75) is 32.2 Å². The lowest BCUT2D eigenvalue weighted by atomic mass is 10.2. The molecule has 1 aromatic heterocycles. The number of aryl methyl sites for hydroxylation is 1. The fraction of sp³-hybridized carbons (Fsp3) is 0.278. The number of benzene rings is 1. The summed E-state index contributed by atoms with van der Waals surface area (Å²) in [6.45, 7) is 4.52. The molecule has 2 aromatic rings. The molecule has 0 aliphatic carbocycles. The predicted octanol–water partition coefficient (Wildman–Crippen LogP) is 0.976. The number of phenolic OH excluding ortho intramolecular Hbond substituents is 1. The second-order valence-corrected chi connectivity index (χ2v) is 7.04. The summed E-state index contributed by atoms with van der Waals surface area (Å²) >= 11 is 0. The fourth-order valence-electron chi connectivity index (χ4n) is 2.35. The highest BCUT2D eigenvalue weighted by molar-refractivity contribution is 7.85. The second-order valence-electron chi connectivity index (χ2n) is 5.69. The van der Waals surface area contributed by atoms with Crippen molar-refractivity contribution >= 4 is 21.7 Å². The molecule has 0 bridgehead atoms. The monoisotopic (exact) mass is 395 g/mol. The first-order chi connectivity index (χ1) is 12.5. The number of aromatic hydroxyl groups is 1. The summed E-state index contributed by atoms with van der Waals surface area (Å²) in [5, 5.41) is 17.8. The topological polar surface area (TPSA) is 136 Å². The molecule has 1 heterocycles. The maximum atomic E-state index is 11.3. The minimum Gasteiger partial charge on any atom is -0.744 e. The summed E-state index contributed by atoms with van der Waals surface area (Å²) in [5.74, 6) is -0.465. The summed E-state index contributed by atoms with van der Waals surface area (Å²) in [5.41, 5.74) is 1.22. The van der Waals surface area contributed by atoms with Crippen LogP contribution in [0.5, 0.6) is 5.75 Å². The van der Waals surface area contributed by atoms with Crippen molar-refractivity contribution in [3.63, 3.8) is 0 Å². The number of pyridine rings is 1. The number of hydrogen-bond donors (Lipinski definition) is 2. The molecule has 0 radical (unpaired) electrons. The fourth-order valence-corrected chi connectivity index (χ4v) is 3.08. The van der Waals surface area contributed by atoms with Gasteiger partial charge < -0.3 is 14.8 Å². The van der Waals surface area contributed by atoms with Crippen LogP contribution >= 0.6 is 0 Å². The van der Waals surface area contributed by atoms with Crippen LogP contribution in [0.1, 0.15) is 40.4 Å². The Morgan fingerprint density at radius 2 is 1.59 bits per heavy atom. The number of aromatic nitrogens is 1. The number of ketones is 2. The van der Waals surface area contributed by atoms with Gasteiger partial charge in [-0.05, 0) is 30.7 Å². The van der Waals surface area contributed by atoms with Crippen LogP contribution in [0.25, 0.3) is 0 Å². The highest BCUT2D eigenvalue weighted by Gasteiger charge is 2.21. The zero-order chi connectivity index (χ0) is 20.8. The lowest BCUT2D eigenvalue weighted by Crippen LogP contribution is -2.46. The molecule has 1 aromatic carbocycles. The average molecular weight is 395 g/mol. The highest BCUT2D eigenvalue weighted by Crippen LogP contribution is 2.19. The second kappa shape index (κ2) is 9.36. The lowest BCUT2D eigenvalue weighted by Gasteiger charge is -2.09. The molecule has 27 heavy (non-hydrogen) atoms. The van der Waals surface area contributed by atoms with Gasteiger partial charge in [0, 0.05) is 26.0 Å². The Morgan fingerprint density at radius 1 is 1.07 bits per heavy atom. The summed E-state index contributed by atoms with van der Waals surface area (Å²) < 4.78 is 33.2. The Kier molecular flexibility index (Phi) is 7.77. The first-order valence-electron chi connectivity index (χ1n) is 7.90. The average Bonchev–Trinajstić information content (AvgIpc) is 2.56. The van der Waals surface area contributed by atoms with Crippen molar-refractivity contribution in [2.75, 3.05) is 6.61 Å². The van der Waals surface area contributed by atoms with E-state index in [0.29, 0.717) is 17.0 Å². The minimum absolute atomic E-state index is 0.102. The number of rotatable bonds is 5. The van der Waals surface area contributed by atoms with Gasteiger partial charge in [-0.15, -0.1) is 0 Å². The van der Waals surface area contributed by atoms with Gasteiger partial charge >= 0.3 is 0 Å². The summed E-state index contributed by atoms with van der Waals surface area (Å²) in [4.78, 5) is 22.2. The van der Waals surface area contributed by atoms with E-state index in [0.717, 1.165) is 6.07 Å². The Bertz CT molecular complexity index is 920. The van der Waals surface area contributed by atoms with E-state index in [-0.39, 0.29) is 35.4 Å². The van der Waals surface area contributed by atoms with Crippen molar-refractivity contribution in [1.82, 2.24) is 0 Å². The van der Waals surface area contributed by atoms with Crippen LogP contribution in [0.3, 0.4) is 0 Å². The van der Waals surface area contributed by atoms with Crippen LogP contribution in [0, 0.1) is 6.92 Å². The quantitative estimate of drug-likeness (QED) is 0.437. The van der Waals surface area contributed by atoms with E-state index in [2.05, 4.69) is 0 Å². The number of aliphatic hydroxyl groups is 1. The normalized spacial score (nSPS) is 10.7. The van der Waals surface area contributed by atoms with E-state index in [1.807, 2.05) is 0 Å². The molecule has 0 saturated carbocycles. The van der Waals surface area contributed by atoms with E-state index in [1.54, 1.807) is 22.8 Å². The first-order valence-corrected chi connectivity index (χ1v) is 9.31. The molecule has 146 valence electrons. The minimum atomic E-state index is -4.47. The zero-order valence-corrected chi connectivity index (χ0v) is 16.0. The Labute approximate surface area is 157 Å². The van der Waals surface area contributed by atoms with E-state index < -0.39 is 10.1 Å². The summed E-state index contributed by atoms with van der Waals surface area (Å²) in [7, 11) is -4.47. The smallest absolute Gasteiger partial charge is 0.248 e. The number of hydrogen-bond acceptors (Lipinski definition) is 7. The van der Waals surface area contributed by atoms with Crippen LogP contribution in [0.4, 0.5) is 0 Å². The standard InChI is InChI=1S/C11H14NO3.C7H8O4S/c1-8(14)10-4-3-5-11(9(2)15)12(10)6-7-13;1-5-2-3-6(8)4-7(5)12(9,10)11/h3-5,13H,6-7H2,1-2H3;2-4,8H,1H3,(H,9,10,11)/q+1;/p-1. The molecule has 8 nitrogen and oxygen atoms in total. The molecule has 2 N–H and O–H groups in total. The molecule has 9 heteroatoms. The molecule has 0 aliphatic heterocycles. The van der Waals surface area contributed by atoms with Crippen molar-refractivity contribution in [3.05, 3.63) is 53.3 Å². The van der Waals surface area contributed by atoms with E-state index in [9.17, 15) is 22.6 Å². The number of phenols is 1. The van der Waals surface area contributed by atoms with Crippen molar-refractivity contribution < 1.29 is 37.3 Å². The molecule has 0 aliphatic rings. The van der Waals surface area contributed by atoms with Crippen molar-refractivity contribution in [2.24, 2.45) is 0 Å². The zero-order valence-electron chi connectivity index (χ0n) is 15.2. The van der Waals surface area contributed by atoms with Gasteiger partial charge in [0.25, 0.3) is 0 Å². The van der Waals surface area contributed by atoms with Gasteiger partial charge in [-0.25, -0.2) is 8.42 Å². The third-order valence-electron chi connectivity index (χ3n) is 3.58. The van der Waals surface area contributed by atoms with Gasteiger partial charge in [0.05, 0.1) is 4.90 Å². The number of nitrogens with zero attached hydrogens (tertiary/aromatic N) is 1. The molecular weight excluding hydrogens is 374 g/mol. The molecule has 0 atom stereocenters. The van der Waals surface area contributed by atoms with Gasteiger partial charge in [0.2, 0.25) is 23.0 Å². The third kappa shape index (κ3) is 6.24. The van der Waals surface area contributed by atoms with Crippen LogP contribution in [0.15, 0.2) is 41.3 Å². The molecule has 2 rings (SSSR count). The van der Waals surface area contributed by atoms with Gasteiger partial charge in [-0.3, -0.25) is 9.59 Å².